The van der Waals surface area contributed by atoms with Crippen molar-refractivity contribution in [1.82, 2.24) is 24.5 Å². The Morgan fingerprint density at radius 1 is 1.54 bits per heavy atom. The number of azide groups is 1. The highest BCUT2D eigenvalue weighted by Crippen LogP contribution is 2.35. The van der Waals surface area contributed by atoms with E-state index in [0.29, 0.717) is 24.1 Å². The van der Waals surface area contributed by atoms with Crippen LogP contribution in [-0.2, 0) is 11.2 Å². The number of nitrogen functional groups attached to an aromatic ring is 1. The molecule has 0 aromatic carbocycles. The number of aryl methyl sites for hydroxylation is 1. The van der Waals surface area contributed by atoms with Crippen LogP contribution in [0.5, 0.6) is 0 Å². The van der Waals surface area contributed by atoms with Gasteiger partial charge in [0.25, 0.3) is 0 Å². The molecule has 0 bridgehead atoms. The van der Waals surface area contributed by atoms with E-state index in [0.717, 1.165) is 0 Å². The second-order valence-corrected chi connectivity index (χ2v) is 6.01. The Labute approximate surface area is 147 Å². The zero-order valence-electron chi connectivity index (χ0n) is 14.1. The van der Waals surface area contributed by atoms with Crippen LogP contribution in [0.25, 0.3) is 10.4 Å². The van der Waals surface area contributed by atoms with Gasteiger partial charge in [-0.1, -0.05) is 10.3 Å². The molecule has 0 spiro atoms. The molecule has 26 heavy (non-hydrogen) atoms. The maximum absolute atomic E-state index is 12.1. The molecule has 3 N–H and O–H groups in total. The zero-order valence-corrected chi connectivity index (χ0v) is 14.1. The Balaban J connectivity index is 1.80. The van der Waals surface area contributed by atoms with E-state index in [9.17, 15) is 9.90 Å². The molecule has 3 heterocycles. The zero-order chi connectivity index (χ0) is 18.7. The molecule has 138 valence electrons. The number of anilines is 1. The highest BCUT2D eigenvalue weighted by molar-refractivity contribution is 5.35. The fraction of sp³-hybridized carbons (Fsp3) is 0.571. The summed E-state index contributed by atoms with van der Waals surface area (Å²) in [4.78, 5) is 18.6. The van der Waals surface area contributed by atoms with Crippen molar-refractivity contribution in [3.05, 3.63) is 44.6 Å². The van der Waals surface area contributed by atoms with Gasteiger partial charge in [0, 0.05) is 35.8 Å². The molecule has 0 unspecified atom stereocenters. The Kier molecular flexibility index (Phi) is 5.16. The third kappa shape index (κ3) is 3.52. The van der Waals surface area contributed by atoms with Gasteiger partial charge in [0.1, 0.15) is 18.1 Å². The highest BCUT2D eigenvalue weighted by Gasteiger charge is 2.38. The molecule has 0 saturated carbocycles. The minimum atomic E-state index is -0.590. The van der Waals surface area contributed by atoms with Gasteiger partial charge in [-0.15, -0.1) is 5.10 Å². The summed E-state index contributed by atoms with van der Waals surface area (Å²) >= 11 is 0. The highest BCUT2D eigenvalue weighted by atomic mass is 16.5. The normalized spacial score (nSPS) is 22.3. The van der Waals surface area contributed by atoms with E-state index in [1.54, 1.807) is 24.0 Å². The van der Waals surface area contributed by atoms with Gasteiger partial charge in [-0.05, 0) is 18.9 Å². The maximum atomic E-state index is 12.1. The molecule has 3 rings (SSSR count). The standard InChI is InChI=1S/C14H19N9O3/c1-8-5-22(14(25)18-13(8)15)12-4-10(11(7-24)26-12)23-6-9(19-21-23)2-3-17-20-16/h5-6,10-12,24H,2-4,7H2,1H3,(H2,15,18,25)/t10-,11+,12+/m0/s1. The predicted octanol–water partition coefficient (Wildman–Crippen LogP) is 0.0993. The predicted molar refractivity (Wildman–Crippen MR) is 90.0 cm³/mol. The summed E-state index contributed by atoms with van der Waals surface area (Å²) < 4.78 is 8.80. The lowest BCUT2D eigenvalue weighted by Crippen LogP contribution is -2.28. The number of ether oxygens (including phenoxy) is 1. The first kappa shape index (κ1) is 17.9. The number of nitrogens with zero attached hydrogens (tertiary/aromatic N) is 8. The van der Waals surface area contributed by atoms with Crippen molar-refractivity contribution in [1.29, 1.82) is 0 Å². The summed E-state index contributed by atoms with van der Waals surface area (Å²) in [5, 5.41) is 21.2. The fourth-order valence-corrected chi connectivity index (χ4v) is 2.91. The van der Waals surface area contributed by atoms with Gasteiger partial charge in [0.05, 0.1) is 18.3 Å². The lowest BCUT2D eigenvalue weighted by Gasteiger charge is -2.15. The Hall–Kier alpha value is -2.95. The SMILES string of the molecule is Cc1cn([C@H]2C[C@H](n3cc(CCN=[N+]=[N-])nn3)[C@@H](CO)O2)c(=O)nc1N. The molecule has 12 heteroatoms. The van der Waals surface area contributed by atoms with Gasteiger partial charge in [-0.25, -0.2) is 9.48 Å². The van der Waals surface area contributed by atoms with Crippen molar-refractivity contribution >= 4 is 5.82 Å². The largest absolute Gasteiger partial charge is 0.394 e. The Bertz CT molecular complexity index is 886. The van der Waals surface area contributed by atoms with E-state index in [4.69, 9.17) is 16.0 Å². The third-order valence-electron chi connectivity index (χ3n) is 4.30. The van der Waals surface area contributed by atoms with Gasteiger partial charge < -0.3 is 15.6 Å². The van der Waals surface area contributed by atoms with Crippen molar-refractivity contribution in [2.24, 2.45) is 5.11 Å². The number of rotatable bonds is 6. The van der Waals surface area contributed by atoms with Crippen LogP contribution in [0, 0.1) is 6.92 Å². The van der Waals surface area contributed by atoms with Gasteiger partial charge >= 0.3 is 5.69 Å². The fourth-order valence-electron chi connectivity index (χ4n) is 2.91. The number of aliphatic hydroxyl groups is 1. The molecular weight excluding hydrogens is 342 g/mol. The van der Waals surface area contributed by atoms with Crippen LogP contribution in [0.15, 0.2) is 22.3 Å². The van der Waals surface area contributed by atoms with E-state index in [1.165, 1.54) is 4.57 Å². The van der Waals surface area contributed by atoms with Gasteiger partial charge in [-0.2, -0.15) is 4.98 Å². The van der Waals surface area contributed by atoms with Crippen molar-refractivity contribution in [2.75, 3.05) is 18.9 Å². The quantitative estimate of drug-likeness (QED) is 0.417. The first-order chi connectivity index (χ1) is 12.5. The van der Waals surface area contributed by atoms with E-state index in [-0.39, 0.29) is 25.0 Å². The Morgan fingerprint density at radius 3 is 3.08 bits per heavy atom. The second-order valence-electron chi connectivity index (χ2n) is 6.01. The summed E-state index contributed by atoms with van der Waals surface area (Å²) in [5.74, 6) is 0.181. The average Bonchev–Trinajstić information content (AvgIpc) is 3.24. The minimum absolute atomic E-state index is 0.181. The molecule has 1 saturated heterocycles. The number of aliphatic hydroxyl groups excluding tert-OH is 1. The number of nitrogens with two attached hydrogens (primary N) is 1. The topological polar surface area (TPSA) is 170 Å². The van der Waals surface area contributed by atoms with Crippen LogP contribution in [0.2, 0.25) is 0 Å². The molecule has 0 radical (unpaired) electrons. The van der Waals surface area contributed by atoms with Crippen LogP contribution in [0.3, 0.4) is 0 Å². The van der Waals surface area contributed by atoms with Crippen molar-refractivity contribution in [2.45, 2.75) is 38.1 Å². The number of hydrogen-bond donors (Lipinski definition) is 2. The summed E-state index contributed by atoms with van der Waals surface area (Å²) in [6.45, 7) is 1.81. The first-order valence-electron chi connectivity index (χ1n) is 8.06. The average molecular weight is 361 g/mol. The van der Waals surface area contributed by atoms with Crippen LogP contribution in [0.1, 0.15) is 29.9 Å². The van der Waals surface area contributed by atoms with Gasteiger partial charge in [-0.3, -0.25) is 4.57 Å². The molecule has 12 nitrogen and oxygen atoms in total. The van der Waals surface area contributed by atoms with Crippen LogP contribution in [-0.4, -0.2) is 48.9 Å². The Morgan fingerprint density at radius 2 is 2.35 bits per heavy atom. The lowest BCUT2D eigenvalue weighted by atomic mass is 10.1. The van der Waals surface area contributed by atoms with Crippen molar-refractivity contribution in [3.63, 3.8) is 0 Å². The van der Waals surface area contributed by atoms with Crippen LogP contribution >= 0.6 is 0 Å². The van der Waals surface area contributed by atoms with E-state index >= 15 is 0 Å². The van der Waals surface area contributed by atoms with E-state index in [1.807, 2.05) is 0 Å². The summed E-state index contributed by atoms with van der Waals surface area (Å²) in [5.41, 5.74) is 14.8. The van der Waals surface area contributed by atoms with Crippen molar-refractivity contribution < 1.29 is 9.84 Å². The number of hydrogen-bond acceptors (Lipinski definition) is 8. The van der Waals surface area contributed by atoms with Gasteiger partial charge in [0.15, 0.2) is 0 Å². The van der Waals surface area contributed by atoms with Gasteiger partial charge in [0.2, 0.25) is 0 Å². The van der Waals surface area contributed by atoms with Crippen molar-refractivity contribution in [3.8, 4) is 0 Å². The van der Waals surface area contributed by atoms with Crippen LogP contribution in [0.4, 0.5) is 5.82 Å². The molecular formula is C14H19N9O3. The summed E-state index contributed by atoms with van der Waals surface area (Å²) in [6, 6.07) is -0.296. The van der Waals surface area contributed by atoms with E-state index < -0.39 is 18.0 Å². The first-order valence-corrected chi connectivity index (χ1v) is 8.06. The molecule has 2 aromatic rings. The molecule has 1 aliphatic rings. The molecule has 1 aliphatic heterocycles. The monoisotopic (exact) mass is 361 g/mol. The lowest BCUT2D eigenvalue weighted by molar-refractivity contribution is -0.0322. The smallest absolute Gasteiger partial charge is 0.351 e. The minimum Gasteiger partial charge on any atom is -0.394 e. The summed E-state index contributed by atoms with van der Waals surface area (Å²) in [7, 11) is 0. The second kappa shape index (κ2) is 7.52. The molecule has 0 aliphatic carbocycles. The van der Waals surface area contributed by atoms with E-state index in [2.05, 4.69) is 25.3 Å². The molecule has 1 fully saturated rings. The molecule has 2 aromatic heterocycles. The number of aromatic nitrogens is 5. The third-order valence-corrected chi connectivity index (χ3v) is 4.30. The van der Waals surface area contributed by atoms with Crippen LogP contribution < -0.4 is 11.4 Å². The maximum Gasteiger partial charge on any atom is 0.351 e. The summed E-state index contributed by atoms with van der Waals surface area (Å²) in [6.07, 6.45) is 3.06. The molecule has 3 atom stereocenters. The molecule has 0 amide bonds.